The summed E-state index contributed by atoms with van der Waals surface area (Å²) >= 11 is 0. The molecule has 2 aliphatic rings. The maximum Gasteiger partial charge on any atom is 0.223 e. The maximum atomic E-state index is 12.3. The number of nitrogens with zero attached hydrogens (tertiary/aromatic N) is 2. The van der Waals surface area contributed by atoms with Crippen molar-refractivity contribution in [3.8, 4) is 5.75 Å². The van der Waals surface area contributed by atoms with Crippen molar-refractivity contribution in [2.75, 3.05) is 39.8 Å². The lowest BCUT2D eigenvalue weighted by molar-refractivity contribution is -0.125. The van der Waals surface area contributed by atoms with Crippen LogP contribution in [0.25, 0.3) is 0 Å². The number of aliphatic imine (C=N–C) groups is 1. The lowest BCUT2D eigenvalue weighted by atomic mass is 9.89. The number of amides is 1. The molecule has 29 heavy (non-hydrogen) atoms. The minimum Gasteiger partial charge on any atom is -0.497 e. The molecule has 1 aliphatic heterocycles. The van der Waals surface area contributed by atoms with Gasteiger partial charge in [-0.2, -0.15) is 0 Å². The molecular weight excluding hydrogens is 364 g/mol. The van der Waals surface area contributed by atoms with Crippen LogP contribution in [-0.2, 0) is 4.79 Å². The second-order valence-corrected chi connectivity index (χ2v) is 8.07. The zero-order chi connectivity index (χ0) is 20.5. The van der Waals surface area contributed by atoms with E-state index in [9.17, 15) is 4.79 Å². The summed E-state index contributed by atoms with van der Waals surface area (Å²) in [5.74, 6) is 2.79. The molecule has 0 aromatic heterocycles. The standard InChI is InChI=1S/C23H36N4O2/c1-3-24-23(26-15-14-25-22(28)19-7-5-4-6-8-19)27-16-13-20(17-27)18-9-11-21(29-2)12-10-18/h9-12,19-20H,3-8,13-17H2,1-2H3,(H,24,26)(H,25,28). The SMILES string of the molecule is CCNC(=NCCNC(=O)C1CCCCC1)N1CCC(c2ccc(OC)cc2)C1. The quantitative estimate of drug-likeness (QED) is 0.419. The lowest BCUT2D eigenvalue weighted by Gasteiger charge is -2.22. The number of rotatable bonds is 7. The summed E-state index contributed by atoms with van der Waals surface area (Å²) in [6.45, 7) is 6.13. The van der Waals surface area contributed by atoms with E-state index in [1.54, 1.807) is 7.11 Å². The van der Waals surface area contributed by atoms with Crippen LogP contribution in [0.1, 0.15) is 56.9 Å². The highest BCUT2D eigenvalue weighted by atomic mass is 16.5. The number of likely N-dealkylation sites (tertiary alicyclic amines) is 1. The first kappa shape index (κ1) is 21.5. The molecule has 3 rings (SSSR count). The van der Waals surface area contributed by atoms with E-state index < -0.39 is 0 Å². The summed E-state index contributed by atoms with van der Waals surface area (Å²) in [7, 11) is 1.70. The minimum atomic E-state index is 0.213. The number of nitrogens with one attached hydrogen (secondary N) is 2. The largest absolute Gasteiger partial charge is 0.497 e. The Hall–Kier alpha value is -2.24. The van der Waals surface area contributed by atoms with Crippen molar-refractivity contribution in [1.29, 1.82) is 0 Å². The smallest absolute Gasteiger partial charge is 0.223 e. The summed E-state index contributed by atoms with van der Waals surface area (Å²) in [5.41, 5.74) is 1.35. The molecule has 1 aromatic rings. The molecule has 1 saturated heterocycles. The van der Waals surface area contributed by atoms with Gasteiger partial charge in [0, 0.05) is 38.0 Å². The molecule has 0 bridgehead atoms. The molecular formula is C23H36N4O2. The molecule has 160 valence electrons. The molecule has 6 nitrogen and oxygen atoms in total. The molecule has 0 radical (unpaired) electrons. The first-order valence-corrected chi connectivity index (χ1v) is 11.2. The predicted molar refractivity (Wildman–Crippen MR) is 117 cm³/mol. The van der Waals surface area contributed by atoms with Gasteiger partial charge in [-0.3, -0.25) is 9.79 Å². The van der Waals surface area contributed by atoms with Crippen molar-refractivity contribution in [2.45, 2.75) is 51.4 Å². The highest BCUT2D eigenvalue weighted by molar-refractivity contribution is 5.80. The lowest BCUT2D eigenvalue weighted by Crippen LogP contribution is -2.40. The Bertz CT molecular complexity index is 668. The fourth-order valence-corrected chi connectivity index (χ4v) is 4.38. The van der Waals surface area contributed by atoms with Crippen molar-refractivity contribution in [3.05, 3.63) is 29.8 Å². The van der Waals surface area contributed by atoms with E-state index in [0.29, 0.717) is 19.0 Å². The van der Waals surface area contributed by atoms with E-state index >= 15 is 0 Å². The molecule has 1 saturated carbocycles. The van der Waals surface area contributed by atoms with Crippen LogP contribution >= 0.6 is 0 Å². The summed E-state index contributed by atoms with van der Waals surface area (Å²) in [5, 5.41) is 6.49. The molecule has 1 aliphatic carbocycles. The van der Waals surface area contributed by atoms with Gasteiger partial charge in [-0.1, -0.05) is 31.4 Å². The topological polar surface area (TPSA) is 66.0 Å². The van der Waals surface area contributed by atoms with E-state index in [0.717, 1.165) is 50.6 Å². The van der Waals surface area contributed by atoms with Gasteiger partial charge < -0.3 is 20.3 Å². The zero-order valence-corrected chi connectivity index (χ0v) is 18.0. The van der Waals surface area contributed by atoms with Gasteiger partial charge in [-0.25, -0.2) is 0 Å². The van der Waals surface area contributed by atoms with Crippen molar-refractivity contribution in [1.82, 2.24) is 15.5 Å². The monoisotopic (exact) mass is 400 g/mol. The Labute approximate surface area is 175 Å². The Morgan fingerprint density at radius 1 is 1.14 bits per heavy atom. The predicted octanol–water partition coefficient (Wildman–Crippen LogP) is 3.15. The van der Waals surface area contributed by atoms with Crippen LogP contribution in [0.4, 0.5) is 0 Å². The molecule has 1 atom stereocenters. The van der Waals surface area contributed by atoms with E-state index in [4.69, 9.17) is 9.73 Å². The second kappa shape index (κ2) is 11.1. The Balaban J connectivity index is 1.48. The van der Waals surface area contributed by atoms with Crippen LogP contribution in [-0.4, -0.2) is 56.6 Å². The number of carbonyl (C=O) groups excluding carboxylic acids is 1. The fraction of sp³-hybridized carbons (Fsp3) is 0.652. The van der Waals surface area contributed by atoms with Gasteiger partial charge in [0.2, 0.25) is 5.91 Å². The number of methoxy groups -OCH3 is 1. The number of hydrogen-bond donors (Lipinski definition) is 2. The fourth-order valence-electron chi connectivity index (χ4n) is 4.38. The van der Waals surface area contributed by atoms with Crippen molar-refractivity contribution in [2.24, 2.45) is 10.9 Å². The van der Waals surface area contributed by atoms with Crippen molar-refractivity contribution < 1.29 is 9.53 Å². The second-order valence-electron chi connectivity index (χ2n) is 8.07. The molecule has 2 N–H and O–H groups in total. The minimum absolute atomic E-state index is 0.213. The summed E-state index contributed by atoms with van der Waals surface area (Å²) in [6, 6.07) is 8.40. The van der Waals surface area contributed by atoms with Gasteiger partial charge in [0.05, 0.1) is 13.7 Å². The first-order valence-electron chi connectivity index (χ1n) is 11.2. The summed E-state index contributed by atoms with van der Waals surface area (Å²) in [4.78, 5) is 19.4. The third-order valence-electron chi connectivity index (χ3n) is 6.06. The molecule has 6 heteroatoms. The molecule has 0 spiro atoms. The number of carbonyl (C=O) groups is 1. The third kappa shape index (κ3) is 6.12. The van der Waals surface area contributed by atoms with Crippen LogP contribution in [0.5, 0.6) is 5.75 Å². The van der Waals surface area contributed by atoms with E-state index in [-0.39, 0.29) is 11.8 Å². The van der Waals surface area contributed by atoms with Crippen LogP contribution < -0.4 is 15.4 Å². The number of hydrogen-bond acceptors (Lipinski definition) is 3. The van der Waals surface area contributed by atoms with Gasteiger partial charge in [0.1, 0.15) is 5.75 Å². The number of benzene rings is 1. The van der Waals surface area contributed by atoms with Crippen molar-refractivity contribution >= 4 is 11.9 Å². The van der Waals surface area contributed by atoms with Crippen LogP contribution in [0.15, 0.2) is 29.3 Å². The number of guanidine groups is 1. The van der Waals surface area contributed by atoms with Gasteiger partial charge in [-0.05, 0) is 43.9 Å². The highest BCUT2D eigenvalue weighted by Gasteiger charge is 2.26. The molecule has 1 unspecified atom stereocenters. The van der Waals surface area contributed by atoms with E-state index in [1.807, 2.05) is 12.1 Å². The highest BCUT2D eigenvalue weighted by Crippen LogP contribution is 2.28. The first-order chi connectivity index (χ1) is 14.2. The van der Waals surface area contributed by atoms with Crippen LogP contribution in [0, 0.1) is 5.92 Å². The molecule has 2 fully saturated rings. The molecule has 1 heterocycles. The maximum absolute atomic E-state index is 12.3. The third-order valence-corrected chi connectivity index (χ3v) is 6.06. The number of ether oxygens (including phenoxy) is 1. The summed E-state index contributed by atoms with van der Waals surface area (Å²) < 4.78 is 5.26. The Kier molecular flexibility index (Phi) is 8.20. The molecule has 1 aromatic carbocycles. The average Bonchev–Trinajstić information content (AvgIpc) is 3.26. The zero-order valence-electron chi connectivity index (χ0n) is 18.0. The van der Waals surface area contributed by atoms with E-state index in [1.165, 1.54) is 24.8 Å². The van der Waals surface area contributed by atoms with Crippen LogP contribution in [0.2, 0.25) is 0 Å². The van der Waals surface area contributed by atoms with Crippen molar-refractivity contribution in [3.63, 3.8) is 0 Å². The summed E-state index contributed by atoms with van der Waals surface area (Å²) in [6.07, 6.45) is 6.84. The van der Waals surface area contributed by atoms with Gasteiger partial charge in [0.25, 0.3) is 0 Å². The normalized spacial score (nSPS) is 20.6. The molecule has 1 amide bonds. The van der Waals surface area contributed by atoms with Gasteiger partial charge in [-0.15, -0.1) is 0 Å². The van der Waals surface area contributed by atoms with Crippen LogP contribution in [0.3, 0.4) is 0 Å². The van der Waals surface area contributed by atoms with Gasteiger partial charge in [0.15, 0.2) is 5.96 Å². The Morgan fingerprint density at radius 2 is 1.90 bits per heavy atom. The average molecular weight is 401 g/mol. The Morgan fingerprint density at radius 3 is 2.59 bits per heavy atom. The van der Waals surface area contributed by atoms with Gasteiger partial charge >= 0.3 is 0 Å². The van der Waals surface area contributed by atoms with E-state index in [2.05, 4.69) is 34.6 Å².